The molecule has 0 N–H and O–H groups in total. The number of rotatable bonds is 3. The number of hydrogen-bond donors (Lipinski definition) is 0. The van der Waals surface area contributed by atoms with Crippen molar-refractivity contribution in [1.82, 2.24) is 4.90 Å². The first-order valence-corrected chi connectivity index (χ1v) is 5.53. The first kappa shape index (κ1) is 14.6. The minimum Gasteiger partial charge on any atom is -0.287 e. The van der Waals surface area contributed by atoms with E-state index < -0.39 is 41.4 Å². The molecule has 1 aliphatic rings. The highest BCUT2D eigenvalue weighted by molar-refractivity contribution is 5.41. The number of benzene rings is 1. The van der Waals surface area contributed by atoms with E-state index in [-0.39, 0.29) is 12.1 Å². The number of halogens is 5. The molecule has 2 rings (SSSR count). The van der Waals surface area contributed by atoms with Crippen LogP contribution in [0.15, 0.2) is 18.2 Å². The molecule has 0 spiro atoms. The summed E-state index contributed by atoms with van der Waals surface area (Å²) in [5, 5.41) is 10.5. The van der Waals surface area contributed by atoms with Crippen LogP contribution in [0.25, 0.3) is 0 Å². The summed E-state index contributed by atoms with van der Waals surface area (Å²) in [4.78, 5) is 10.7. The first-order valence-electron chi connectivity index (χ1n) is 5.53. The topological polar surface area (TPSA) is 46.4 Å². The second-order valence-corrected chi connectivity index (χ2v) is 4.60. The Morgan fingerprint density at radius 2 is 1.90 bits per heavy atom. The average molecular weight is 296 g/mol. The molecule has 0 unspecified atom stereocenters. The van der Waals surface area contributed by atoms with Gasteiger partial charge in [0.1, 0.15) is 0 Å². The molecule has 110 valence electrons. The Kier molecular flexibility index (Phi) is 3.41. The van der Waals surface area contributed by atoms with E-state index in [1.165, 1.54) is 0 Å². The minimum absolute atomic E-state index is 0.251. The highest BCUT2D eigenvalue weighted by Gasteiger charge is 2.44. The van der Waals surface area contributed by atoms with Crippen molar-refractivity contribution in [3.8, 4) is 0 Å². The third-order valence-electron chi connectivity index (χ3n) is 2.91. The standard InChI is InChI=1S/C11H9F5N2O2/c12-10(13)5-17(6-10)4-7-1-2-8(18(19)20)3-9(7)11(14,15)16/h1-3H,4-6H2. The Morgan fingerprint density at radius 3 is 2.35 bits per heavy atom. The van der Waals surface area contributed by atoms with Gasteiger partial charge in [0.25, 0.3) is 11.6 Å². The summed E-state index contributed by atoms with van der Waals surface area (Å²) in [6.45, 7) is -1.54. The fraction of sp³-hybridized carbons (Fsp3) is 0.455. The molecule has 0 saturated carbocycles. The van der Waals surface area contributed by atoms with Gasteiger partial charge in [0.2, 0.25) is 0 Å². The van der Waals surface area contributed by atoms with E-state index >= 15 is 0 Å². The summed E-state index contributed by atoms with van der Waals surface area (Å²) >= 11 is 0. The Bertz CT molecular complexity index is 536. The number of nitrogens with zero attached hydrogens (tertiary/aromatic N) is 2. The molecule has 1 aromatic rings. The molecule has 1 fully saturated rings. The van der Waals surface area contributed by atoms with Gasteiger partial charge in [-0.15, -0.1) is 0 Å². The predicted octanol–water partition coefficient (Wildman–Crippen LogP) is 3.06. The monoisotopic (exact) mass is 296 g/mol. The van der Waals surface area contributed by atoms with E-state index in [1.807, 2.05) is 0 Å². The molecule has 20 heavy (non-hydrogen) atoms. The lowest BCUT2D eigenvalue weighted by Gasteiger charge is -2.39. The van der Waals surface area contributed by atoms with E-state index in [2.05, 4.69) is 0 Å². The van der Waals surface area contributed by atoms with Crippen molar-refractivity contribution in [2.24, 2.45) is 0 Å². The van der Waals surface area contributed by atoms with Crippen molar-refractivity contribution in [3.05, 3.63) is 39.4 Å². The summed E-state index contributed by atoms with van der Waals surface area (Å²) in [6, 6.07) is 2.31. The van der Waals surface area contributed by atoms with Crippen LogP contribution in [-0.4, -0.2) is 28.8 Å². The smallest absolute Gasteiger partial charge is 0.287 e. The SMILES string of the molecule is O=[N+]([O-])c1ccc(CN2CC(F)(F)C2)c(C(F)(F)F)c1. The summed E-state index contributed by atoms with van der Waals surface area (Å²) in [5.41, 5.74) is -2.10. The van der Waals surface area contributed by atoms with Crippen molar-refractivity contribution in [2.45, 2.75) is 18.6 Å². The van der Waals surface area contributed by atoms with Crippen LogP contribution in [0.4, 0.5) is 27.6 Å². The number of non-ortho nitro benzene ring substituents is 1. The number of hydrogen-bond acceptors (Lipinski definition) is 3. The van der Waals surface area contributed by atoms with E-state index in [4.69, 9.17) is 0 Å². The molecule has 1 heterocycles. The average Bonchev–Trinajstić information content (AvgIpc) is 2.25. The van der Waals surface area contributed by atoms with E-state index in [1.54, 1.807) is 0 Å². The van der Waals surface area contributed by atoms with Gasteiger partial charge >= 0.3 is 6.18 Å². The van der Waals surface area contributed by atoms with Gasteiger partial charge in [-0.25, -0.2) is 8.78 Å². The molecule has 1 saturated heterocycles. The number of nitro groups is 1. The maximum atomic E-state index is 12.8. The molecular weight excluding hydrogens is 287 g/mol. The number of nitro benzene ring substituents is 1. The highest BCUT2D eigenvalue weighted by atomic mass is 19.4. The molecule has 0 aliphatic carbocycles. The zero-order valence-corrected chi connectivity index (χ0v) is 9.95. The fourth-order valence-electron chi connectivity index (χ4n) is 2.04. The number of alkyl halides is 5. The van der Waals surface area contributed by atoms with Gasteiger partial charge in [-0.3, -0.25) is 15.0 Å². The minimum atomic E-state index is -4.77. The lowest BCUT2D eigenvalue weighted by molar-refractivity contribution is -0.385. The number of likely N-dealkylation sites (tertiary alicyclic amines) is 1. The van der Waals surface area contributed by atoms with Gasteiger partial charge in [0, 0.05) is 18.7 Å². The third kappa shape index (κ3) is 3.03. The van der Waals surface area contributed by atoms with Crippen LogP contribution in [0, 0.1) is 10.1 Å². The predicted molar refractivity (Wildman–Crippen MR) is 58.3 cm³/mol. The molecule has 1 aliphatic heterocycles. The molecule has 9 heteroatoms. The second kappa shape index (κ2) is 4.65. The van der Waals surface area contributed by atoms with Gasteiger partial charge in [-0.1, -0.05) is 6.07 Å². The van der Waals surface area contributed by atoms with E-state index in [0.29, 0.717) is 6.07 Å². The maximum absolute atomic E-state index is 12.8. The lowest BCUT2D eigenvalue weighted by atomic mass is 10.0. The van der Waals surface area contributed by atoms with Crippen LogP contribution in [0.3, 0.4) is 0 Å². The maximum Gasteiger partial charge on any atom is 0.416 e. The van der Waals surface area contributed by atoms with Crippen LogP contribution in [0.1, 0.15) is 11.1 Å². The lowest BCUT2D eigenvalue weighted by Crippen LogP contribution is -2.55. The molecule has 0 radical (unpaired) electrons. The van der Waals surface area contributed by atoms with Crippen molar-refractivity contribution in [2.75, 3.05) is 13.1 Å². The van der Waals surface area contributed by atoms with Gasteiger partial charge in [0.05, 0.1) is 23.6 Å². The molecule has 0 atom stereocenters. The quantitative estimate of drug-likeness (QED) is 0.489. The Labute approximate surface area is 109 Å². The van der Waals surface area contributed by atoms with Crippen molar-refractivity contribution in [1.29, 1.82) is 0 Å². The van der Waals surface area contributed by atoms with Gasteiger partial charge < -0.3 is 0 Å². The molecule has 1 aromatic carbocycles. The van der Waals surface area contributed by atoms with Crippen LogP contribution in [-0.2, 0) is 12.7 Å². The second-order valence-electron chi connectivity index (χ2n) is 4.60. The first-order chi connectivity index (χ1) is 9.08. The van der Waals surface area contributed by atoms with Gasteiger partial charge in [-0.2, -0.15) is 13.2 Å². The van der Waals surface area contributed by atoms with E-state index in [0.717, 1.165) is 17.0 Å². The van der Waals surface area contributed by atoms with Crippen LogP contribution < -0.4 is 0 Å². The summed E-state index contributed by atoms with van der Waals surface area (Å²) < 4.78 is 63.8. The Morgan fingerprint density at radius 1 is 1.30 bits per heavy atom. The zero-order valence-electron chi connectivity index (χ0n) is 9.95. The normalized spacial score (nSPS) is 18.6. The molecule has 0 bridgehead atoms. The molecular formula is C11H9F5N2O2. The van der Waals surface area contributed by atoms with Crippen molar-refractivity contribution >= 4 is 5.69 Å². The van der Waals surface area contributed by atoms with Gasteiger partial charge in [-0.05, 0) is 5.56 Å². The Hall–Kier alpha value is -1.77. The van der Waals surface area contributed by atoms with Crippen LogP contribution in [0.5, 0.6) is 0 Å². The fourth-order valence-corrected chi connectivity index (χ4v) is 2.04. The zero-order chi connectivity index (χ0) is 15.1. The van der Waals surface area contributed by atoms with Crippen molar-refractivity contribution < 1.29 is 26.9 Å². The summed E-state index contributed by atoms with van der Waals surface area (Å²) in [5.74, 6) is -2.88. The highest BCUT2D eigenvalue weighted by Crippen LogP contribution is 2.36. The molecule has 4 nitrogen and oxygen atoms in total. The summed E-state index contributed by atoms with van der Waals surface area (Å²) in [7, 11) is 0. The Balaban J connectivity index is 2.26. The van der Waals surface area contributed by atoms with Crippen LogP contribution >= 0.6 is 0 Å². The van der Waals surface area contributed by atoms with Gasteiger partial charge in [0.15, 0.2) is 0 Å². The third-order valence-corrected chi connectivity index (χ3v) is 2.91. The largest absolute Gasteiger partial charge is 0.416 e. The molecule has 0 amide bonds. The van der Waals surface area contributed by atoms with Crippen LogP contribution in [0.2, 0.25) is 0 Å². The molecule has 0 aromatic heterocycles. The van der Waals surface area contributed by atoms with Crippen molar-refractivity contribution in [3.63, 3.8) is 0 Å². The summed E-state index contributed by atoms with van der Waals surface area (Å²) in [6.07, 6.45) is -4.77. The van der Waals surface area contributed by atoms with E-state index in [9.17, 15) is 32.1 Å².